The van der Waals surface area contributed by atoms with E-state index in [0.29, 0.717) is 31.5 Å². The number of aryl methyl sites for hydroxylation is 2. The summed E-state index contributed by atoms with van der Waals surface area (Å²) in [5, 5.41) is 16.5. The monoisotopic (exact) mass is 570 g/mol. The zero-order chi connectivity index (χ0) is 23.0. The topological polar surface area (TPSA) is 113 Å². The van der Waals surface area contributed by atoms with Gasteiger partial charge in [-0.25, -0.2) is 4.99 Å². The molecule has 0 aliphatic carbocycles. The number of fused-ring (bicyclic) bond motifs is 1. The minimum Gasteiger partial charge on any atom is -0.490 e. The zero-order valence-electron chi connectivity index (χ0n) is 19.8. The maximum absolute atomic E-state index is 12.2. The van der Waals surface area contributed by atoms with Gasteiger partial charge in [-0.1, -0.05) is 0 Å². The van der Waals surface area contributed by atoms with E-state index >= 15 is 0 Å². The number of aromatic nitrogens is 2. The molecule has 2 aromatic rings. The molecule has 0 bridgehead atoms. The normalized spacial score (nSPS) is 13.5. The number of nitrogens with zero attached hydrogens (tertiary/aromatic N) is 2. The molecule has 0 unspecified atom stereocenters. The van der Waals surface area contributed by atoms with Crippen molar-refractivity contribution in [3.05, 3.63) is 35.7 Å². The number of halogens is 1. The summed E-state index contributed by atoms with van der Waals surface area (Å²) >= 11 is 0. The number of hydrogen-bond donors (Lipinski definition) is 4. The Bertz CT molecular complexity index is 939. The van der Waals surface area contributed by atoms with Crippen LogP contribution in [0.3, 0.4) is 0 Å². The molecule has 1 aliphatic rings. The van der Waals surface area contributed by atoms with Crippen molar-refractivity contribution in [2.24, 2.45) is 4.99 Å². The van der Waals surface area contributed by atoms with Crippen LogP contribution in [-0.2, 0) is 11.2 Å². The largest absolute Gasteiger partial charge is 0.490 e. The number of aromatic amines is 1. The van der Waals surface area contributed by atoms with E-state index < -0.39 is 0 Å². The molecule has 0 saturated carbocycles. The molecule has 33 heavy (non-hydrogen) atoms. The second-order valence-electron chi connectivity index (χ2n) is 8.85. The smallest absolute Gasteiger partial charge is 0.242 e. The van der Waals surface area contributed by atoms with Crippen LogP contribution in [0, 0.1) is 6.92 Å². The Morgan fingerprint density at radius 3 is 2.67 bits per heavy atom. The molecule has 1 amide bonds. The zero-order valence-corrected chi connectivity index (χ0v) is 22.1. The Morgan fingerprint density at radius 2 is 1.97 bits per heavy atom. The summed E-state index contributed by atoms with van der Waals surface area (Å²) in [5.74, 6) is 1.84. The van der Waals surface area contributed by atoms with Gasteiger partial charge in [-0.05, 0) is 58.2 Å². The van der Waals surface area contributed by atoms with Gasteiger partial charge in [-0.3, -0.25) is 9.89 Å². The summed E-state index contributed by atoms with van der Waals surface area (Å²) in [4.78, 5) is 16.7. The van der Waals surface area contributed by atoms with Gasteiger partial charge in [0.1, 0.15) is 6.54 Å². The second kappa shape index (κ2) is 12.7. The van der Waals surface area contributed by atoms with Crippen LogP contribution in [0.2, 0.25) is 0 Å². The average molecular weight is 570 g/mol. The molecule has 2 heterocycles. The highest BCUT2D eigenvalue weighted by Gasteiger charge is 2.14. The van der Waals surface area contributed by atoms with Crippen molar-refractivity contribution < 1.29 is 14.3 Å². The Kier molecular flexibility index (Phi) is 10.3. The maximum Gasteiger partial charge on any atom is 0.242 e. The fraction of sp³-hybridized carbons (Fsp3) is 0.522. The molecule has 1 aromatic heterocycles. The number of amides is 1. The van der Waals surface area contributed by atoms with Crippen LogP contribution in [0.15, 0.2) is 29.4 Å². The van der Waals surface area contributed by atoms with Gasteiger partial charge in [0.05, 0.1) is 19.4 Å². The molecular formula is C23H35IN6O3. The summed E-state index contributed by atoms with van der Waals surface area (Å²) in [5.41, 5.74) is 2.79. The number of hydrogen-bond acceptors (Lipinski definition) is 5. The van der Waals surface area contributed by atoms with Crippen LogP contribution in [0.5, 0.6) is 11.5 Å². The third-order valence-corrected chi connectivity index (χ3v) is 4.76. The summed E-state index contributed by atoms with van der Waals surface area (Å²) in [6.07, 6.45) is 4.51. The van der Waals surface area contributed by atoms with E-state index in [-0.39, 0.29) is 42.0 Å². The maximum atomic E-state index is 12.2. The highest BCUT2D eigenvalue weighted by Crippen LogP contribution is 2.32. The summed E-state index contributed by atoms with van der Waals surface area (Å²) in [7, 11) is 0. The lowest BCUT2D eigenvalue weighted by atomic mass is 10.1. The van der Waals surface area contributed by atoms with Crippen molar-refractivity contribution in [2.45, 2.75) is 52.5 Å². The predicted octanol–water partition coefficient (Wildman–Crippen LogP) is 3.40. The first-order valence-electron chi connectivity index (χ1n) is 11.0. The standard InChI is InChI=1S/C23H34N6O3.HI/c1-16-17(14-26-29-16)7-5-10-24-22(25-15-21(30)28-23(2,3)4)27-18-8-9-19-20(13-18)32-12-6-11-31-19;/h8-9,13-14H,5-7,10-12,15H2,1-4H3,(H,26,29)(H,28,30)(H2,24,25,27);1H. The molecular weight excluding hydrogens is 535 g/mol. The predicted molar refractivity (Wildman–Crippen MR) is 141 cm³/mol. The van der Waals surface area contributed by atoms with Crippen LogP contribution >= 0.6 is 24.0 Å². The van der Waals surface area contributed by atoms with Crippen LogP contribution in [0.1, 0.15) is 44.9 Å². The first kappa shape index (κ1) is 26.7. The number of ether oxygens (including phenoxy) is 2. The molecule has 1 aromatic carbocycles. The van der Waals surface area contributed by atoms with Crippen LogP contribution in [0.25, 0.3) is 0 Å². The van der Waals surface area contributed by atoms with Gasteiger partial charge in [-0.2, -0.15) is 5.10 Å². The highest BCUT2D eigenvalue weighted by atomic mass is 127. The van der Waals surface area contributed by atoms with E-state index in [2.05, 4.69) is 31.1 Å². The van der Waals surface area contributed by atoms with Gasteiger partial charge in [0, 0.05) is 36.0 Å². The van der Waals surface area contributed by atoms with E-state index in [9.17, 15) is 4.79 Å². The van der Waals surface area contributed by atoms with E-state index in [1.165, 1.54) is 5.56 Å². The van der Waals surface area contributed by atoms with Gasteiger partial charge in [0.15, 0.2) is 17.5 Å². The Labute approximate surface area is 212 Å². The van der Waals surface area contributed by atoms with Gasteiger partial charge < -0.3 is 25.4 Å². The number of nitrogens with one attached hydrogen (secondary N) is 4. The number of guanidine groups is 1. The van der Waals surface area contributed by atoms with Crippen molar-refractivity contribution in [2.75, 3.05) is 31.6 Å². The first-order valence-corrected chi connectivity index (χ1v) is 11.0. The van der Waals surface area contributed by atoms with E-state index in [0.717, 1.165) is 36.4 Å². The quantitative estimate of drug-likeness (QED) is 0.176. The second-order valence-corrected chi connectivity index (χ2v) is 8.85. The molecule has 0 fully saturated rings. The number of carbonyl (C=O) groups is 1. The van der Waals surface area contributed by atoms with Gasteiger partial charge in [0.25, 0.3) is 0 Å². The molecule has 9 nitrogen and oxygen atoms in total. The molecule has 10 heteroatoms. The Morgan fingerprint density at radius 1 is 1.21 bits per heavy atom. The molecule has 1 aliphatic heterocycles. The minimum absolute atomic E-state index is 0. The van der Waals surface area contributed by atoms with Gasteiger partial charge in [0.2, 0.25) is 5.91 Å². The Balaban J connectivity index is 0.00000385. The van der Waals surface area contributed by atoms with Crippen molar-refractivity contribution >= 4 is 41.5 Å². The van der Waals surface area contributed by atoms with Crippen molar-refractivity contribution in [3.8, 4) is 11.5 Å². The number of anilines is 1. The number of carbonyl (C=O) groups excluding carboxylic acids is 1. The number of aliphatic imine (C=N–C) groups is 1. The fourth-order valence-electron chi connectivity index (χ4n) is 3.24. The SMILES string of the molecule is Cc1[nH]ncc1CCCNC(=NCC(=O)NC(C)(C)C)Nc1ccc2c(c1)OCCCO2.I. The number of H-pyrrole nitrogens is 1. The van der Waals surface area contributed by atoms with Crippen LogP contribution in [-0.4, -0.2) is 53.9 Å². The lowest BCUT2D eigenvalue weighted by Crippen LogP contribution is -2.42. The third-order valence-electron chi connectivity index (χ3n) is 4.76. The van der Waals surface area contributed by atoms with E-state index in [1.807, 2.05) is 52.1 Å². The van der Waals surface area contributed by atoms with Gasteiger partial charge in [-0.15, -0.1) is 24.0 Å². The molecule has 182 valence electrons. The summed E-state index contributed by atoms with van der Waals surface area (Å²) in [6, 6.07) is 5.69. The van der Waals surface area contributed by atoms with Crippen molar-refractivity contribution in [3.63, 3.8) is 0 Å². The summed E-state index contributed by atoms with van der Waals surface area (Å²) in [6.45, 7) is 9.84. The third kappa shape index (κ3) is 9.10. The van der Waals surface area contributed by atoms with E-state index in [4.69, 9.17) is 9.47 Å². The van der Waals surface area contributed by atoms with Crippen molar-refractivity contribution in [1.82, 2.24) is 20.8 Å². The van der Waals surface area contributed by atoms with E-state index in [1.54, 1.807) is 0 Å². The molecule has 0 radical (unpaired) electrons. The minimum atomic E-state index is -0.301. The molecule has 4 N–H and O–H groups in total. The van der Waals surface area contributed by atoms with Gasteiger partial charge >= 0.3 is 0 Å². The summed E-state index contributed by atoms with van der Waals surface area (Å²) < 4.78 is 11.5. The first-order chi connectivity index (χ1) is 15.3. The lowest BCUT2D eigenvalue weighted by molar-refractivity contribution is -0.121. The fourth-order valence-corrected chi connectivity index (χ4v) is 3.24. The molecule has 0 spiro atoms. The van der Waals surface area contributed by atoms with Crippen molar-refractivity contribution in [1.29, 1.82) is 0 Å². The molecule has 3 rings (SSSR count). The Hall–Kier alpha value is -2.50. The lowest BCUT2D eigenvalue weighted by Gasteiger charge is -2.20. The number of rotatable bonds is 7. The van der Waals surface area contributed by atoms with Crippen LogP contribution < -0.4 is 25.4 Å². The average Bonchev–Trinajstić information content (AvgIpc) is 2.99. The number of benzene rings is 1. The molecule has 0 saturated heterocycles. The molecule has 0 atom stereocenters. The highest BCUT2D eigenvalue weighted by molar-refractivity contribution is 14.0. The van der Waals surface area contributed by atoms with Crippen LogP contribution in [0.4, 0.5) is 5.69 Å².